The fraction of sp³-hybridized carbons (Fsp3) is 0.176. The zero-order valence-corrected chi connectivity index (χ0v) is 34.1. The van der Waals surface area contributed by atoms with E-state index in [4.69, 9.17) is 17.3 Å². The van der Waals surface area contributed by atoms with Gasteiger partial charge in [0.25, 0.3) is 0 Å². The number of fused-ring (bicyclic) bond motifs is 8. The number of benzene rings is 6. The molecule has 0 saturated carbocycles. The van der Waals surface area contributed by atoms with Crippen molar-refractivity contribution in [1.29, 1.82) is 0 Å². The van der Waals surface area contributed by atoms with E-state index in [-0.39, 0.29) is 36.8 Å². The number of hydrogen-bond acceptors (Lipinski definition) is 3. The van der Waals surface area contributed by atoms with Gasteiger partial charge in [-0.15, -0.1) is 76.4 Å². The van der Waals surface area contributed by atoms with E-state index in [1.54, 1.807) is 12.1 Å². The molecule has 0 fully saturated rings. The van der Waals surface area contributed by atoms with E-state index in [1.165, 1.54) is 68.0 Å². The Morgan fingerprint density at radius 2 is 1.36 bits per heavy atom. The molecule has 275 valence electrons. The monoisotopic (exact) mass is 918 g/mol. The predicted molar refractivity (Wildman–Crippen MR) is 233 cm³/mol. The Morgan fingerprint density at radius 3 is 2.04 bits per heavy atom. The van der Waals surface area contributed by atoms with Gasteiger partial charge in [0.15, 0.2) is 0 Å². The molecule has 0 spiro atoms. The Bertz CT molecular complexity index is 3030. The van der Waals surface area contributed by atoms with Crippen molar-refractivity contribution in [2.75, 3.05) is 0 Å². The SMILES string of the molecule is [2H]C([2H])([2H])c1c[c-]c(-c2ccc(C([2H])([2H])[2H])cn2)cc1.[2H]C([2H])([2H])c1cnc2c3[c-]cccc3c3ccc4sc(-c5c(C(C)C)cc(-c6ccccc6)cc5C(C)C)cc4c3c2c1.[Ir]. The van der Waals surface area contributed by atoms with Crippen LogP contribution in [0.3, 0.4) is 0 Å². The Balaban J connectivity index is 0.000000246. The van der Waals surface area contributed by atoms with Crippen LogP contribution in [0.2, 0.25) is 0 Å². The quantitative estimate of drug-likeness (QED) is 0.127. The summed E-state index contributed by atoms with van der Waals surface area (Å²) in [5.74, 6) is 0.675. The summed E-state index contributed by atoms with van der Waals surface area (Å²) in [5, 5.41) is 6.13. The third kappa shape index (κ3) is 7.52. The van der Waals surface area contributed by atoms with Gasteiger partial charge < -0.3 is 9.97 Å². The molecule has 2 nitrogen and oxygen atoms in total. The number of rotatable bonds is 5. The fourth-order valence-electron chi connectivity index (χ4n) is 7.28. The van der Waals surface area contributed by atoms with E-state index in [9.17, 15) is 0 Å². The molecule has 0 N–H and O–H groups in total. The van der Waals surface area contributed by atoms with Crippen LogP contribution in [0.1, 0.15) is 79.7 Å². The maximum absolute atomic E-state index is 8.09. The summed E-state index contributed by atoms with van der Waals surface area (Å²) in [5.41, 5.74) is 9.08. The van der Waals surface area contributed by atoms with Gasteiger partial charge in [-0.05, 0) is 104 Å². The molecule has 0 aliphatic carbocycles. The molecule has 3 aromatic heterocycles. The zero-order valence-electron chi connectivity index (χ0n) is 39.9. The molecule has 4 heteroatoms. The minimum atomic E-state index is -2.24. The molecule has 9 rings (SSSR count). The molecule has 0 unspecified atom stereocenters. The van der Waals surface area contributed by atoms with Crippen molar-refractivity contribution in [3.8, 4) is 32.8 Å². The molecule has 0 bridgehead atoms. The number of pyridine rings is 2. The van der Waals surface area contributed by atoms with Gasteiger partial charge in [0, 0.05) is 54.4 Å². The van der Waals surface area contributed by atoms with Gasteiger partial charge in [0.1, 0.15) is 0 Å². The summed E-state index contributed by atoms with van der Waals surface area (Å²) in [6.45, 7) is 2.53. The van der Waals surface area contributed by atoms with E-state index in [2.05, 4.69) is 112 Å². The Morgan fingerprint density at radius 1 is 0.618 bits per heavy atom. The molecule has 0 aliphatic heterocycles. The molecular formula is C51H44IrN2S-2. The smallest absolute Gasteiger partial charge is 0.0361 e. The maximum Gasteiger partial charge on any atom is 0.0361 e. The second-order valence-electron chi connectivity index (χ2n) is 14.2. The van der Waals surface area contributed by atoms with Crippen LogP contribution in [-0.2, 0) is 20.1 Å². The van der Waals surface area contributed by atoms with E-state index < -0.39 is 20.6 Å². The predicted octanol–water partition coefficient (Wildman–Crippen LogP) is 14.6. The van der Waals surface area contributed by atoms with Crippen molar-refractivity contribution in [3.05, 3.63) is 168 Å². The minimum absolute atomic E-state index is 0. The molecule has 0 aliphatic rings. The summed E-state index contributed by atoms with van der Waals surface area (Å²) in [7, 11) is 0. The van der Waals surface area contributed by atoms with Crippen LogP contribution >= 0.6 is 11.3 Å². The first-order chi connectivity index (χ1) is 29.8. The maximum atomic E-state index is 8.09. The first kappa shape index (κ1) is 28.4. The van der Waals surface area contributed by atoms with Crippen LogP contribution in [0.15, 0.2) is 128 Å². The van der Waals surface area contributed by atoms with E-state index in [0.29, 0.717) is 23.1 Å². The summed E-state index contributed by atoms with van der Waals surface area (Å²) >= 11 is 1.81. The third-order valence-electron chi connectivity index (χ3n) is 9.89. The Kier molecular flexibility index (Phi) is 8.27. The van der Waals surface area contributed by atoms with Crippen LogP contribution in [0.5, 0.6) is 0 Å². The second-order valence-corrected chi connectivity index (χ2v) is 15.3. The molecular weight excluding hydrogens is 865 g/mol. The van der Waals surface area contributed by atoms with Gasteiger partial charge in [-0.2, -0.15) is 0 Å². The van der Waals surface area contributed by atoms with Gasteiger partial charge in [0.05, 0.1) is 0 Å². The fourth-order valence-corrected chi connectivity index (χ4v) is 8.44. The number of nitrogens with zero attached hydrogens (tertiary/aromatic N) is 2. The van der Waals surface area contributed by atoms with Gasteiger partial charge in [-0.3, -0.25) is 0 Å². The van der Waals surface area contributed by atoms with Crippen LogP contribution in [0.4, 0.5) is 0 Å². The largest absolute Gasteiger partial charge is 0.304 e. The van der Waals surface area contributed by atoms with Gasteiger partial charge >= 0.3 is 0 Å². The summed E-state index contributed by atoms with van der Waals surface area (Å²) < 4.78 is 69.1. The van der Waals surface area contributed by atoms with Gasteiger partial charge in [0.2, 0.25) is 0 Å². The first-order valence-electron chi connectivity index (χ1n) is 22.6. The van der Waals surface area contributed by atoms with E-state index in [1.807, 2.05) is 29.5 Å². The molecule has 55 heavy (non-hydrogen) atoms. The van der Waals surface area contributed by atoms with E-state index in [0.717, 1.165) is 37.8 Å². The molecule has 6 aromatic carbocycles. The summed E-state index contributed by atoms with van der Waals surface area (Å²) in [6, 6.07) is 43.8. The van der Waals surface area contributed by atoms with Crippen LogP contribution in [0, 0.1) is 32.7 Å². The van der Waals surface area contributed by atoms with Gasteiger partial charge in [-0.25, -0.2) is 0 Å². The molecule has 1 radical (unpaired) electrons. The average molecular weight is 918 g/mol. The van der Waals surface area contributed by atoms with E-state index >= 15 is 0 Å². The normalized spacial score (nSPS) is 14.5. The molecule has 0 amide bonds. The number of aromatic nitrogens is 2. The van der Waals surface area contributed by atoms with Crippen LogP contribution in [-0.4, -0.2) is 9.97 Å². The van der Waals surface area contributed by atoms with Crippen molar-refractivity contribution in [1.82, 2.24) is 9.97 Å². The van der Waals surface area contributed by atoms with Crippen molar-refractivity contribution in [3.63, 3.8) is 0 Å². The topological polar surface area (TPSA) is 25.8 Å². The molecule has 9 aromatic rings. The van der Waals surface area contributed by atoms with Crippen LogP contribution in [0.25, 0.3) is 75.4 Å². The Labute approximate surface area is 355 Å². The summed E-state index contributed by atoms with van der Waals surface area (Å²) in [6.07, 6.45) is 2.80. The van der Waals surface area contributed by atoms with Crippen molar-refractivity contribution >= 4 is 53.9 Å². The number of thiophene rings is 1. The third-order valence-corrected chi connectivity index (χ3v) is 11.0. The molecule has 0 saturated heterocycles. The van der Waals surface area contributed by atoms with Crippen molar-refractivity contribution in [2.45, 2.75) is 60.1 Å². The number of aryl methyl sites for hydroxylation is 3. The first-order valence-corrected chi connectivity index (χ1v) is 18.9. The zero-order chi connectivity index (χ0) is 45.0. The minimum Gasteiger partial charge on any atom is -0.304 e. The molecule has 3 heterocycles. The van der Waals surface area contributed by atoms with Crippen molar-refractivity contribution in [2.24, 2.45) is 0 Å². The van der Waals surface area contributed by atoms with Crippen LogP contribution < -0.4 is 0 Å². The standard InChI is InChI=1S/C38H32NS.C13H12N.Ir/c1-22(2)30-18-26(25-11-7-6-8-12-25)19-31(23(3)4)37(30)35-20-32-34(40-35)16-15-28-27-13-9-10-14-29(27)38-33(36(28)32)17-24(5)21-39-38;1-10-3-6-12(7-4-10)13-8-5-11(2)9-14-13;/h6-13,15-23H,1-5H3;3-6,8-9H,1-2H3;/q2*-1;/i5D3;1D3,2D3;. The summed E-state index contributed by atoms with van der Waals surface area (Å²) in [4.78, 5) is 10.0. The van der Waals surface area contributed by atoms with Gasteiger partial charge in [-0.1, -0.05) is 112 Å². The number of hydrogen-bond donors (Lipinski definition) is 0. The Hall–Kier alpha value is -4.99. The second kappa shape index (κ2) is 16.0. The average Bonchev–Trinajstić information content (AvgIpc) is 3.70. The molecule has 0 atom stereocenters. The van der Waals surface area contributed by atoms with Crippen molar-refractivity contribution < 1.29 is 32.4 Å².